The monoisotopic (exact) mass is 368 g/mol. The Morgan fingerprint density at radius 3 is 2.67 bits per heavy atom. The Balaban J connectivity index is 2.05. The molecule has 0 bridgehead atoms. The summed E-state index contributed by atoms with van der Waals surface area (Å²) in [4.78, 5) is 0. The average molecular weight is 370 g/mol. The molecule has 0 aromatic heterocycles. The van der Waals surface area contributed by atoms with Gasteiger partial charge in [0.2, 0.25) is 0 Å². The minimum atomic E-state index is -0.0967. The van der Waals surface area contributed by atoms with E-state index >= 15 is 0 Å². The van der Waals surface area contributed by atoms with E-state index in [1.165, 1.54) is 5.56 Å². The molecule has 0 amide bonds. The third-order valence-corrected chi connectivity index (χ3v) is 4.31. The Labute approximate surface area is 138 Å². The Morgan fingerprint density at radius 2 is 2.00 bits per heavy atom. The van der Waals surface area contributed by atoms with Gasteiger partial charge in [-0.05, 0) is 43.2 Å². The topological polar surface area (TPSA) is 47.3 Å². The lowest BCUT2D eigenvalue weighted by Crippen LogP contribution is -2.46. The van der Waals surface area contributed by atoms with Gasteiger partial charge in [0.1, 0.15) is 11.9 Å². The van der Waals surface area contributed by atoms with Gasteiger partial charge in [0, 0.05) is 9.50 Å². The number of hydrogen-bond donors (Lipinski definition) is 2. The molecule has 0 radical (unpaired) electrons. The molecular weight excluding hydrogens is 352 g/mol. The van der Waals surface area contributed by atoms with Crippen LogP contribution in [-0.4, -0.2) is 12.1 Å². The van der Waals surface area contributed by atoms with Crippen molar-refractivity contribution in [2.45, 2.75) is 25.5 Å². The Kier molecular flexibility index (Phi) is 6.06. The molecule has 2 unspecified atom stereocenters. The normalized spacial score (nSPS) is 13.7. The van der Waals surface area contributed by atoms with Crippen LogP contribution in [0.3, 0.4) is 0 Å². The predicted octanol–water partition coefficient (Wildman–Crippen LogP) is 3.94. The summed E-state index contributed by atoms with van der Waals surface area (Å²) in [5.74, 6) is 6.42. The van der Waals surface area contributed by atoms with Crippen LogP contribution in [-0.2, 0) is 6.42 Å². The van der Waals surface area contributed by atoms with Crippen molar-refractivity contribution in [1.82, 2.24) is 5.43 Å². The van der Waals surface area contributed by atoms with Crippen LogP contribution in [0.15, 0.2) is 53.0 Å². The minimum absolute atomic E-state index is 0.0114. The van der Waals surface area contributed by atoms with E-state index in [1.54, 1.807) is 6.07 Å². The first kappa shape index (κ1) is 16.3. The number of rotatable bonds is 6. The Morgan fingerprint density at radius 1 is 1.24 bits per heavy atom. The molecule has 21 heavy (non-hydrogen) atoms. The fourth-order valence-electron chi connectivity index (χ4n) is 2.10. The molecule has 5 heteroatoms. The lowest BCUT2D eigenvalue weighted by Gasteiger charge is -2.25. The number of ether oxygens (including phenoxy) is 1. The summed E-state index contributed by atoms with van der Waals surface area (Å²) in [7, 11) is 0. The maximum absolute atomic E-state index is 5.97. The summed E-state index contributed by atoms with van der Waals surface area (Å²) in [5.41, 5.74) is 4.02. The van der Waals surface area contributed by atoms with Gasteiger partial charge in [-0.15, -0.1) is 0 Å². The van der Waals surface area contributed by atoms with E-state index in [-0.39, 0.29) is 12.1 Å². The lowest BCUT2D eigenvalue weighted by atomic mass is 10.0. The first-order valence-corrected chi connectivity index (χ1v) is 7.89. The molecule has 0 fully saturated rings. The fraction of sp³-hybridized carbons (Fsp3) is 0.250. The van der Waals surface area contributed by atoms with Gasteiger partial charge in [0.05, 0.1) is 6.04 Å². The molecule has 2 aromatic carbocycles. The van der Waals surface area contributed by atoms with Gasteiger partial charge in [-0.3, -0.25) is 11.3 Å². The second-order valence-electron chi connectivity index (χ2n) is 4.85. The van der Waals surface area contributed by atoms with Gasteiger partial charge < -0.3 is 4.74 Å². The van der Waals surface area contributed by atoms with E-state index in [2.05, 4.69) is 27.4 Å². The van der Waals surface area contributed by atoms with Crippen LogP contribution in [0.2, 0.25) is 5.02 Å². The number of benzene rings is 2. The molecule has 2 aromatic rings. The first-order chi connectivity index (χ1) is 10.1. The standard InChI is InChI=1S/C16H18BrClN2O/c1-11(21-14-7-4-6-13(18)10-14)16(20-19)9-12-5-2-3-8-15(12)17/h2-8,10-11,16,20H,9,19H2,1H3. The third kappa shape index (κ3) is 4.71. The maximum Gasteiger partial charge on any atom is 0.121 e. The van der Waals surface area contributed by atoms with Gasteiger partial charge in [0.25, 0.3) is 0 Å². The van der Waals surface area contributed by atoms with Crippen molar-refractivity contribution in [2.75, 3.05) is 0 Å². The second kappa shape index (κ2) is 7.80. The van der Waals surface area contributed by atoms with Crippen LogP contribution < -0.4 is 16.0 Å². The van der Waals surface area contributed by atoms with E-state index in [0.29, 0.717) is 5.02 Å². The molecule has 0 aliphatic rings. The van der Waals surface area contributed by atoms with E-state index in [9.17, 15) is 0 Å². The molecule has 0 aliphatic heterocycles. The van der Waals surface area contributed by atoms with Crippen LogP contribution in [0.1, 0.15) is 12.5 Å². The largest absolute Gasteiger partial charge is 0.489 e. The summed E-state index contributed by atoms with van der Waals surface area (Å²) in [6.45, 7) is 1.99. The van der Waals surface area contributed by atoms with Gasteiger partial charge in [-0.25, -0.2) is 0 Å². The maximum atomic E-state index is 5.97. The van der Waals surface area contributed by atoms with Gasteiger partial charge >= 0.3 is 0 Å². The molecule has 3 nitrogen and oxygen atoms in total. The second-order valence-corrected chi connectivity index (χ2v) is 6.14. The van der Waals surface area contributed by atoms with Crippen molar-refractivity contribution in [1.29, 1.82) is 0 Å². The minimum Gasteiger partial charge on any atom is -0.489 e. The van der Waals surface area contributed by atoms with E-state index < -0.39 is 0 Å². The quantitative estimate of drug-likeness (QED) is 0.599. The Hall–Kier alpha value is -1.07. The highest BCUT2D eigenvalue weighted by atomic mass is 79.9. The lowest BCUT2D eigenvalue weighted by molar-refractivity contribution is 0.169. The molecule has 2 atom stereocenters. The fourth-order valence-corrected chi connectivity index (χ4v) is 2.73. The van der Waals surface area contributed by atoms with E-state index in [4.69, 9.17) is 22.2 Å². The molecule has 0 heterocycles. The summed E-state index contributed by atoms with van der Waals surface area (Å²) in [5, 5.41) is 0.655. The predicted molar refractivity (Wildman–Crippen MR) is 90.5 cm³/mol. The van der Waals surface area contributed by atoms with Gasteiger partial charge in [-0.1, -0.05) is 51.8 Å². The smallest absolute Gasteiger partial charge is 0.121 e. The van der Waals surface area contributed by atoms with Crippen molar-refractivity contribution < 1.29 is 4.74 Å². The third-order valence-electron chi connectivity index (χ3n) is 3.30. The van der Waals surface area contributed by atoms with Crippen molar-refractivity contribution in [3.05, 3.63) is 63.6 Å². The average Bonchev–Trinajstić information content (AvgIpc) is 2.46. The van der Waals surface area contributed by atoms with Crippen molar-refractivity contribution in [3.63, 3.8) is 0 Å². The zero-order valence-corrected chi connectivity index (χ0v) is 14.1. The summed E-state index contributed by atoms with van der Waals surface area (Å²) in [6.07, 6.45) is 0.667. The molecule has 0 saturated heterocycles. The van der Waals surface area contributed by atoms with E-state index in [1.807, 2.05) is 43.3 Å². The van der Waals surface area contributed by atoms with Crippen molar-refractivity contribution in [3.8, 4) is 5.75 Å². The summed E-state index contributed by atoms with van der Waals surface area (Å²) < 4.78 is 6.99. The molecule has 2 rings (SSSR count). The number of halogens is 2. The van der Waals surface area contributed by atoms with Crippen LogP contribution >= 0.6 is 27.5 Å². The molecular formula is C16H18BrClN2O. The van der Waals surface area contributed by atoms with Gasteiger partial charge in [-0.2, -0.15) is 0 Å². The number of hydrogen-bond acceptors (Lipinski definition) is 3. The summed E-state index contributed by atoms with van der Waals surface area (Å²) >= 11 is 9.52. The molecule has 0 spiro atoms. The zero-order valence-electron chi connectivity index (χ0n) is 11.7. The highest BCUT2D eigenvalue weighted by molar-refractivity contribution is 9.10. The van der Waals surface area contributed by atoms with Crippen LogP contribution in [0.5, 0.6) is 5.75 Å². The van der Waals surface area contributed by atoms with Crippen molar-refractivity contribution >= 4 is 27.5 Å². The van der Waals surface area contributed by atoms with Crippen LogP contribution in [0, 0.1) is 0 Å². The number of nitrogens with one attached hydrogen (secondary N) is 1. The van der Waals surface area contributed by atoms with Gasteiger partial charge in [0.15, 0.2) is 0 Å². The first-order valence-electron chi connectivity index (χ1n) is 6.72. The number of hydrazine groups is 1. The van der Waals surface area contributed by atoms with E-state index in [0.717, 1.165) is 16.6 Å². The van der Waals surface area contributed by atoms with Crippen molar-refractivity contribution in [2.24, 2.45) is 5.84 Å². The highest BCUT2D eigenvalue weighted by Crippen LogP contribution is 2.22. The number of nitrogens with two attached hydrogens (primary N) is 1. The SMILES string of the molecule is CC(Oc1cccc(Cl)c1)C(Cc1ccccc1Br)NN. The molecule has 112 valence electrons. The molecule has 0 saturated carbocycles. The highest BCUT2D eigenvalue weighted by Gasteiger charge is 2.19. The molecule has 0 aliphatic carbocycles. The van der Waals surface area contributed by atoms with Crippen LogP contribution in [0.4, 0.5) is 0 Å². The van der Waals surface area contributed by atoms with Crippen LogP contribution in [0.25, 0.3) is 0 Å². The molecule has 3 N–H and O–H groups in total. The summed E-state index contributed by atoms with van der Waals surface area (Å²) in [6, 6.07) is 15.4. The zero-order chi connectivity index (χ0) is 15.2. The Bertz CT molecular complexity index is 594.